The second-order valence-corrected chi connectivity index (χ2v) is 3.64. The van der Waals surface area contributed by atoms with E-state index < -0.39 is 4.92 Å². The quantitative estimate of drug-likeness (QED) is 0.419. The Balaban J connectivity index is 3.19. The Hall–Kier alpha value is -1.60. The van der Waals surface area contributed by atoms with E-state index in [2.05, 4.69) is 16.8 Å². The van der Waals surface area contributed by atoms with Crippen LogP contribution in [-0.2, 0) is 0 Å². The molecule has 0 bridgehead atoms. The molecule has 1 aromatic heterocycles. The number of hydrogen-bond donors (Lipinski definition) is 0. The summed E-state index contributed by atoms with van der Waals surface area (Å²) >= 11 is 5.61. The molecule has 0 saturated carbocycles. The Bertz CT molecular complexity index is 446. The summed E-state index contributed by atoms with van der Waals surface area (Å²) in [6, 6.07) is 1.25. The summed E-state index contributed by atoms with van der Waals surface area (Å²) < 4.78 is 0. The van der Waals surface area contributed by atoms with Crippen molar-refractivity contribution in [2.24, 2.45) is 5.92 Å². The number of halogens is 1. The molecule has 0 fully saturated rings. The lowest BCUT2D eigenvalue weighted by Gasteiger charge is -1.95. The summed E-state index contributed by atoms with van der Waals surface area (Å²) in [6.45, 7) is 3.80. The Morgan fingerprint density at radius 3 is 2.80 bits per heavy atom. The number of nitrogens with zero attached hydrogens (tertiary/aromatic N) is 2. The summed E-state index contributed by atoms with van der Waals surface area (Å²) in [5, 5.41) is 10.9. The van der Waals surface area contributed by atoms with E-state index in [0.717, 1.165) is 0 Å². The molecule has 0 aliphatic carbocycles. The molecular weight excluding hydrogens is 216 g/mol. The van der Waals surface area contributed by atoms with Crippen LogP contribution in [0.4, 0.5) is 5.69 Å². The van der Waals surface area contributed by atoms with Crippen LogP contribution in [0, 0.1) is 27.9 Å². The molecule has 1 heterocycles. The summed E-state index contributed by atoms with van der Waals surface area (Å²) in [6.07, 6.45) is 1.35. The molecule has 0 aliphatic rings. The molecule has 0 spiro atoms. The molecule has 0 radical (unpaired) electrons. The van der Waals surface area contributed by atoms with Crippen LogP contribution in [0.5, 0.6) is 0 Å². The fourth-order valence-electron chi connectivity index (χ4n) is 0.877. The number of nitro groups is 1. The van der Waals surface area contributed by atoms with Gasteiger partial charge in [0.25, 0.3) is 0 Å². The van der Waals surface area contributed by atoms with Crippen molar-refractivity contribution in [2.75, 3.05) is 0 Å². The van der Waals surface area contributed by atoms with Crippen LogP contribution in [0.15, 0.2) is 12.3 Å². The maximum atomic E-state index is 10.7. The van der Waals surface area contributed by atoms with Crippen molar-refractivity contribution in [3.63, 3.8) is 0 Å². The Labute approximate surface area is 92.4 Å². The van der Waals surface area contributed by atoms with Gasteiger partial charge in [-0.05, 0) is 5.92 Å². The minimum absolute atomic E-state index is 0.141. The highest BCUT2D eigenvalue weighted by Gasteiger charge is 2.13. The Morgan fingerprint density at radius 2 is 2.27 bits per heavy atom. The van der Waals surface area contributed by atoms with Crippen molar-refractivity contribution in [3.8, 4) is 11.8 Å². The van der Waals surface area contributed by atoms with Gasteiger partial charge < -0.3 is 0 Å². The van der Waals surface area contributed by atoms with Gasteiger partial charge in [0.2, 0.25) is 0 Å². The van der Waals surface area contributed by atoms with E-state index in [9.17, 15) is 10.1 Å². The lowest BCUT2D eigenvalue weighted by molar-refractivity contribution is -0.385. The van der Waals surface area contributed by atoms with Crippen LogP contribution < -0.4 is 0 Å². The fourth-order valence-corrected chi connectivity index (χ4v) is 1.03. The van der Waals surface area contributed by atoms with E-state index in [1.54, 1.807) is 0 Å². The van der Waals surface area contributed by atoms with Crippen LogP contribution in [0.3, 0.4) is 0 Å². The highest BCUT2D eigenvalue weighted by molar-refractivity contribution is 6.30. The molecule has 5 heteroatoms. The van der Waals surface area contributed by atoms with E-state index >= 15 is 0 Å². The van der Waals surface area contributed by atoms with Crippen molar-refractivity contribution in [2.45, 2.75) is 13.8 Å². The first-order valence-electron chi connectivity index (χ1n) is 4.32. The predicted octanol–water partition coefficient (Wildman–Crippen LogP) is 2.65. The molecule has 78 valence electrons. The van der Waals surface area contributed by atoms with Gasteiger partial charge in [0.05, 0.1) is 9.95 Å². The number of pyridine rings is 1. The van der Waals surface area contributed by atoms with Crippen LogP contribution in [-0.4, -0.2) is 9.91 Å². The van der Waals surface area contributed by atoms with Gasteiger partial charge in [-0.25, -0.2) is 4.98 Å². The van der Waals surface area contributed by atoms with Crippen LogP contribution in [0.2, 0.25) is 5.02 Å². The molecule has 0 aromatic carbocycles. The molecule has 1 aromatic rings. The number of aromatic nitrogens is 1. The molecule has 0 amide bonds. The first kappa shape index (κ1) is 11.5. The van der Waals surface area contributed by atoms with Gasteiger partial charge in [-0.2, -0.15) is 0 Å². The normalized spacial score (nSPS) is 9.60. The molecule has 15 heavy (non-hydrogen) atoms. The largest absolute Gasteiger partial charge is 0.304 e. The van der Waals surface area contributed by atoms with Gasteiger partial charge >= 0.3 is 5.69 Å². The Kier molecular flexibility index (Phi) is 3.64. The SMILES string of the molecule is CC(C)C#Cc1ncc(Cl)cc1[N+](=O)[O-]. The third-order valence-corrected chi connectivity index (χ3v) is 1.72. The molecule has 1 rings (SSSR count). The third-order valence-electron chi connectivity index (χ3n) is 1.51. The van der Waals surface area contributed by atoms with Gasteiger partial charge in [-0.15, -0.1) is 0 Å². The van der Waals surface area contributed by atoms with E-state index in [-0.39, 0.29) is 22.3 Å². The van der Waals surface area contributed by atoms with Gasteiger partial charge in [0, 0.05) is 18.2 Å². The van der Waals surface area contributed by atoms with Crippen molar-refractivity contribution < 1.29 is 4.92 Å². The molecule has 4 nitrogen and oxygen atoms in total. The first-order chi connectivity index (χ1) is 7.00. The molecular formula is C10H9ClN2O2. The average Bonchev–Trinajstić information content (AvgIpc) is 2.15. The van der Waals surface area contributed by atoms with E-state index in [1.807, 2.05) is 13.8 Å². The van der Waals surface area contributed by atoms with Crippen molar-refractivity contribution in [3.05, 3.63) is 33.1 Å². The standard InChI is InChI=1S/C10H9ClN2O2/c1-7(2)3-4-9-10(13(14)15)5-8(11)6-12-9/h5-7H,1-2H3. The molecule has 0 saturated heterocycles. The monoisotopic (exact) mass is 224 g/mol. The molecule has 0 N–H and O–H groups in total. The van der Waals surface area contributed by atoms with Gasteiger partial charge in [-0.1, -0.05) is 31.4 Å². The minimum Gasteiger partial charge on any atom is -0.258 e. The van der Waals surface area contributed by atoms with E-state index in [4.69, 9.17) is 11.6 Å². The first-order valence-corrected chi connectivity index (χ1v) is 4.70. The lowest BCUT2D eigenvalue weighted by atomic mass is 10.2. The van der Waals surface area contributed by atoms with Crippen molar-refractivity contribution >= 4 is 17.3 Å². The van der Waals surface area contributed by atoms with E-state index in [0.29, 0.717) is 0 Å². The second-order valence-electron chi connectivity index (χ2n) is 3.20. The second kappa shape index (κ2) is 4.76. The zero-order valence-electron chi connectivity index (χ0n) is 8.32. The highest BCUT2D eigenvalue weighted by Crippen LogP contribution is 2.19. The molecule has 0 aliphatic heterocycles. The van der Waals surface area contributed by atoms with Crippen LogP contribution in [0.1, 0.15) is 19.5 Å². The number of rotatable bonds is 1. The van der Waals surface area contributed by atoms with Crippen LogP contribution in [0.25, 0.3) is 0 Å². The van der Waals surface area contributed by atoms with Gasteiger partial charge in [-0.3, -0.25) is 10.1 Å². The average molecular weight is 225 g/mol. The zero-order valence-corrected chi connectivity index (χ0v) is 9.08. The maximum Gasteiger partial charge on any atom is 0.304 e. The summed E-state index contributed by atoms with van der Waals surface area (Å²) in [7, 11) is 0. The fraction of sp³-hybridized carbons (Fsp3) is 0.300. The third kappa shape index (κ3) is 3.22. The van der Waals surface area contributed by atoms with Crippen molar-refractivity contribution in [1.29, 1.82) is 0 Å². The van der Waals surface area contributed by atoms with Crippen LogP contribution >= 0.6 is 11.6 Å². The van der Waals surface area contributed by atoms with Gasteiger partial charge in [0.1, 0.15) is 0 Å². The highest BCUT2D eigenvalue weighted by atomic mass is 35.5. The maximum absolute atomic E-state index is 10.7. The Morgan fingerprint density at radius 1 is 1.60 bits per heavy atom. The predicted molar refractivity (Wildman–Crippen MR) is 57.6 cm³/mol. The van der Waals surface area contributed by atoms with E-state index in [1.165, 1.54) is 12.3 Å². The summed E-state index contributed by atoms with van der Waals surface area (Å²) in [5.41, 5.74) is -0.00579. The lowest BCUT2D eigenvalue weighted by Crippen LogP contribution is -1.95. The minimum atomic E-state index is -0.538. The summed E-state index contributed by atoms with van der Waals surface area (Å²) in [4.78, 5) is 13.9. The van der Waals surface area contributed by atoms with Crippen molar-refractivity contribution in [1.82, 2.24) is 4.98 Å². The smallest absolute Gasteiger partial charge is 0.258 e. The van der Waals surface area contributed by atoms with Gasteiger partial charge in [0.15, 0.2) is 5.69 Å². The number of hydrogen-bond acceptors (Lipinski definition) is 3. The molecule has 0 atom stereocenters. The zero-order chi connectivity index (χ0) is 11.4. The molecule has 0 unspecified atom stereocenters. The summed E-state index contributed by atoms with van der Waals surface area (Å²) in [5.74, 6) is 5.62. The topological polar surface area (TPSA) is 56.0 Å².